The highest BCUT2D eigenvalue weighted by Crippen LogP contribution is 2.32. The van der Waals surface area contributed by atoms with E-state index in [9.17, 15) is 14.4 Å². The largest absolute Gasteiger partial charge is 0.481 e. The van der Waals surface area contributed by atoms with E-state index in [4.69, 9.17) is 14.6 Å². The van der Waals surface area contributed by atoms with Gasteiger partial charge in [0.1, 0.15) is 0 Å². The van der Waals surface area contributed by atoms with Crippen LogP contribution in [-0.4, -0.2) is 36.2 Å². The summed E-state index contributed by atoms with van der Waals surface area (Å²) in [7, 11) is 0. The lowest BCUT2D eigenvalue weighted by atomic mass is 9.92. The summed E-state index contributed by atoms with van der Waals surface area (Å²) >= 11 is 0. The highest BCUT2D eigenvalue weighted by atomic mass is 16.5. The van der Waals surface area contributed by atoms with Crippen LogP contribution in [0.3, 0.4) is 0 Å². The maximum atomic E-state index is 11.6. The van der Waals surface area contributed by atoms with Crippen LogP contribution in [0.25, 0.3) is 39.5 Å². The van der Waals surface area contributed by atoms with Gasteiger partial charge in [0, 0.05) is 18.9 Å². The molecule has 6 heteroatoms. The fourth-order valence-electron chi connectivity index (χ4n) is 7.08. The topological polar surface area (TPSA) is 89.9 Å². The minimum Gasteiger partial charge on any atom is -0.481 e. The predicted molar refractivity (Wildman–Crippen MR) is 251 cm³/mol. The van der Waals surface area contributed by atoms with Crippen LogP contribution < -0.4 is 0 Å². The van der Waals surface area contributed by atoms with Crippen molar-refractivity contribution in [3.63, 3.8) is 0 Å². The Kier molecular flexibility index (Phi) is 18.5. The van der Waals surface area contributed by atoms with Crippen LogP contribution in [0.1, 0.15) is 76.8 Å². The van der Waals surface area contributed by atoms with Crippen LogP contribution in [0.5, 0.6) is 0 Å². The Bertz CT molecular complexity index is 2440. The molecular formula is C55H60O6. The molecule has 1 N–H and O–H groups in total. The summed E-state index contributed by atoms with van der Waals surface area (Å²) in [5.74, 6) is -1.20. The third-order valence-electron chi connectivity index (χ3n) is 10.9. The lowest BCUT2D eigenvalue weighted by Gasteiger charge is -2.13. The van der Waals surface area contributed by atoms with Gasteiger partial charge in [0.05, 0.1) is 13.2 Å². The first-order valence-corrected chi connectivity index (χ1v) is 21.0. The number of rotatable bonds is 13. The molecule has 0 saturated heterocycles. The molecule has 0 unspecified atom stereocenters. The van der Waals surface area contributed by atoms with Crippen molar-refractivity contribution in [2.75, 3.05) is 13.2 Å². The molecule has 0 amide bonds. The molecule has 0 aliphatic carbocycles. The molecule has 6 rings (SSSR count). The van der Waals surface area contributed by atoms with Gasteiger partial charge in [-0.15, -0.1) is 0 Å². The van der Waals surface area contributed by atoms with Gasteiger partial charge in [-0.25, -0.2) is 4.79 Å². The van der Waals surface area contributed by atoms with E-state index in [1.165, 1.54) is 67.3 Å². The maximum Gasteiger partial charge on any atom is 0.330 e. The minimum atomic E-state index is -0.754. The second-order valence-corrected chi connectivity index (χ2v) is 14.9. The molecule has 0 aliphatic heterocycles. The van der Waals surface area contributed by atoms with Gasteiger partial charge in [-0.05, 0) is 158 Å². The number of hydrogen-bond acceptors (Lipinski definition) is 5. The van der Waals surface area contributed by atoms with Gasteiger partial charge in [-0.2, -0.15) is 0 Å². The first-order valence-electron chi connectivity index (χ1n) is 21.0. The van der Waals surface area contributed by atoms with Gasteiger partial charge in [0.25, 0.3) is 0 Å². The first-order chi connectivity index (χ1) is 29.4. The Balaban J connectivity index is 0.000000202. The van der Waals surface area contributed by atoms with Crippen molar-refractivity contribution < 1.29 is 29.0 Å². The number of ether oxygens (including phenoxy) is 2. The molecule has 0 fully saturated rings. The quantitative estimate of drug-likeness (QED) is 0.0922. The summed E-state index contributed by atoms with van der Waals surface area (Å²) in [5, 5.41) is 8.83. The van der Waals surface area contributed by atoms with E-state index in [0.29, 0.717) is 32.5 Å². The molecule has 0 spiro atoms. The maximum absolute atomic E-state index is 11.6. The Morgan fingerprint density at radius 2 is 0.869 bits per heavy atom. The number of aryl methyl sites for hydroxylation is 5. The minimum absolute atomic E-state index is 0.131. The smallest absolute Gasteiger partial charge is 0.330 e. The number of carbonyl (C=O) groups is 3. The Hall–Kier alpha value is -6.53. The second-order valence-electron chi connectivity index (χ2n) is 14.9. The molecule has 316 valence electrons. The Morgan fingerprint density at radius 1 is 0.475 bits per heavy atom. The van der Waals surface area contributed by atoms with Crippen LogP contribution >= 0.6 is 0 Å². The fourth-order valence-corrected chi connectivity index (χ4v) is 7.08. The molecule has 0 atom stereocenters. The molecule has 6 aromatic rings. The highest BCUT2D eigenvalue weighted by molar-refractivity contribution is 5.89. The molecule has 0 aromatic heterocycles. The second kappa shape index (κ2) is 23.9. The fraction of sp³-hybridized carbons (Fsp3) is 0.255. The number of hydrogen-bond donors (Lipinski definition) is 1. The third kappa shape index (κ3) is 13.8. The van der Waals surface area contributed by atoms with Gasteiger partial charge in [-0.3, -0.25) is 9.59 Å². The van der Waals surface area contributed by atoms with Gasteiger partial charge in [0.2, 0.25) is 0 Å². The zero-order chi connectivity index (χ0) is 44.3. The summed E-state index contributed by atoms with van der Waals surface area (Å²) in [5.41, 5.74) is 18.0. The molecule has 0 saturated carbocycles. The Morgan fingerprint density at radius 3 is 1.33 bits per heavy atom. The van der Waals surface area contributed by atoms with Crippen LogP contribution in [-0.2, 0) is 36.7 Å². The van der Waals surface area contributed by atoms with Crippen molar-refractivity contribution in [2.24, 2.45) is 0 Å². The molecule has 0 radical (unpaired) electrons. The lowest BCUT2D eigenvalue weighted by molar-refractivity contribution is -0.143. The van der Waals surface area contributed by atoms with Crippen molar-refractivity contribution in [3.05, 3.63) is 184 Å². The number of carbonyl (C=O) groups excluding carboxylic acids is 2. The number of carboxylic acids is 1. The summed E-state index contributed by atoms with van der Waals surface area (Å²) < 4.78 is 9.94. The molecule has 0 aliphatic rings. The van der Waals surface area contributed by atoms with Crippen molar-refractivity contribution in [1.29, 1.82) is 0 Å². The molecule has 6 nitrogen and oxygen atoms in total. The number of benzene rings is 6. The van der Waals surface area contributed by atoms with Gasteiger partial charge < -0.3 is 14.6 Å². The molecule has 0 bridgehead atoms. The molecule has 61 heavy (non-hydrogen) atoms. The van der Waals surface area contributed by atoms with E-state index in [-0.39, 0.29) is 18.4 Å². The van der Waals surface area contributed by atoms with E-state index >= 15 is 0 Å². The zero-order valence-electron chi connectivity index (χ0n) is 37.0. The highest BCUT2D eigenvalue weighted by Gasteiger charge is 2.12. The van der Waals surface area contributed by atoms with E-state index in [2.05, 4.69) is 114 Å². The van der Waals surface area contributed by atoms with Gasteiger partial charge in [0.15, 0.2) is 0 Å². The molecular weight excluding hydrogens is 757 g/mol. The van der Waals surface area contributed by atoms with E-state index in [1.807, 2.05) is 67.6 Å². The van der Waals surface area contributed by atoms with Crippen LogP contribution in [0.4, 0.5) is 0 Å². The van der Waals surface area contributed by atoms with Crippen molar-refractivity contribution >= 4 is 24.0 Å². The summed E-state index contributed by atoms with van der Waals surface area (Å²) in [6, 6.07) is 43.3. The predicted octanol–water partition coefficient (Wildman–Crippen LogP) is 13.0. The van der Waals surface area contributed by atoms with Crippen molar-refractivity contribution in [1.82, 2.24) is 0 Å². The summed E-state index contributed by atoms with van der Waals surface area (Å²) in [6.45, 7) is 17.2. The number of carboxylic acid groups (broad SMARTS) is 1. The third-order valence-corrected chi connectivity index (χ3v) is 10.9. The summed E-state index contributed by atoms with van der Waals surface area (Å²) in [6.07, 6.45) is 5.17. The SMILES string of the molecule is CCOC(=O)/C=C/c1ccccc1-c1cccc(C)c1C.CCOC(=O)CCc1ccccc1-c1cccc(C)c1C.Cc1cccc(-c2ccccc2CCC(=O)O)c1C. The average molecular weight is 817 g/mol. The van der Waals surface area contributed by atoms with Crippen molar-refractivity contribution in [2.45, 2.75) is 81.1 Å². The molecule has 0 heterocycles. The first kappa shape index (κ1) is 47.2. The average Bonchev–Trinajstić information content (AvgIpc) is 3.25. The van der Waals surface area contributed by atoms with Crippen molar-refractivity contribution in [3.8, 4) is 33.4 Å². The number of aliphatic carboxylic acids is 1. The van der Waals surface area contributed by atoms with Crippen LogP contribution in [0.2, 0.25) is 0 Å². The van der Waals surface area contributed by atoms with Gasteiger partial charge in [-0.1, -0.05) is 127 Å². The monoisotopic (exact) mass is 816 g/mol. The van der Waals surface area contributed by atoms with E-state index in [0.717, 1.165) is 22.3 Å². The van der Waals surface area contributed by atoms with Crippen LogP contribution in [0, 0.1) is 41.5 Å². The van der Waals surface area contributed by atoms with Gasteiger partial charge >= 0.3 is 17.9 Å². The number of esters is 2. The van der Waals surface area contributed by atoms with Crippen LogP contribution in [0.15, 0.2) is 133 Å². The normalized spacial score (nSPS) is 10.6. The standard InChI is InChI=1S/C19H22O2.C19H20O2.C17H18O2/c2*1-4-21-19(20)13-12-16-9-5-6-10-18(16)17-11-7-8-14(2)15(17)3;1-12-6-5-9-15(13(12)2)16-8-4-3-7-14(16)10-11-17(18)19/h5-11H,4,12-13H2,1-3H3;5-13H,4H2,1-3H3;3-9H,10-11H2,1-2H3,(H,18,19)/b;13-12+;. The Labute approximate surface area is 362 Å². The molecule has 6 aromatic carbocycles. The lowest BCUT2D eigenvalue weighted by Crippen LogP contribution is -2.05. The van der Waals surface area contributed by atoms with E-state index in [1.54, 1.807) is 6.92 Å². The summed E-state index contributed by atoms with van der Waals surface area (Å²) in [4.78, 5) is 33.8. The van der Waals surface area contributed by atoms with E-state index < -0.39 is 5.97 Å². The zero-order valence-corrected chi connectivity index (χ0v) is 37.0.